The van der Waals surface area contributed by atoms with Crippen LogP contribution in [-0.4, -0.2) is 31.4 Å². The van der Waals surface area contributed by atoms with Crippen LogP contribution in [0.15, 0.2) is 21.9 Å². The molecule has 0 aliphatic heterocycles. The lowest BCUT2D eigenvalue weighted by molar-refractivity contribution is 0.523. The third-order valence-corrected chi connectivity index (χ3v) is 3.94. The van der Waals surface area contributed by atoms with Gasteiger partial charge in [-0.3, -0.25) is 0 Å². The van der Waals surface area contributed by atoms with E-state index in [4.69, 9.17) is 0 Å². The van der Waals surface area contributed by atoms with Crippen molar-refractivity contribution in [1.29, 1.82) is 0 Å². The Morgan fingerprint density at radius 3 is 0.875 bits per heavy atom. The summed E-state index contributed by atoms with van der Waals surface area (Å²) in [6.07, 6.45) is 0. The topological polar surface area (TPSA) is 0 Å². The number of rotatable bonds is 1. The molecule has 0 unspecified atom stereocenters. The summed E-state index contributed by atoms with van der Waals surface area (Å²) in [5.41, 5.74) is 6.44. The van der Waals surface area contributed by atoms with Gasteiger partial charge >= 0.3 is 0 Å². The molecule has 0 amide bonds. The molecule has 0 rings (SSSR count). The van der Waals surface area contributed by atoms with Gasteiger partial charge in [0.15, 0.2) is 0 Å². The Morgan fingerprint density at radius 1 is 0.562 bits per heavy atom. The summed E-state index contributed by atoms with van der Waals surface area (Å²) in [6, 6.07) is 0. The van der Waals surface area contributed by atoms with Crippen LogP contribution in [0.4, 0.5) is 0 Å². The van der Waals surface area contributed by atoms with Crippen molar-refractivity contribution in [3.63, 3.8) is 0 Å². The second-order valence-corrected chi connectivity index (χ2v) is 7.00. The van der Waals surface area contributed by atoms with Gasteiger partial charge in [0.1, 0.15) is 31.4 Å². The first-order valence-electron chi connectivity index (χ1n) is 6.25. The van der Waals surface area contributed by atoms with Gasteiger partial charge in [0.05, 0.1) is 0 Å². The normalized spacial score (nSPS) is 16.6. The van der Waals surface area contributed by atoms with Crippen LogP contribution in [0.25, 0.3) is 0 Å². The monoisotopic (exact) mass is 214 g/mol. The molecule has 0 N–H and O–H groups in total. The van der Waals surface area contributed by atoms with Gasteiger partial charge in [-0.2, -0.15) is 0 Å². The molecule has 4 heteroatoms. The summed E-state index contributed by atoms with van der Waals surface area (Å²) in [7, 11) is 9.03. The van der Waals surface area contributed by atoms with Gasteiger partial charge in [0.25, 0.3) is 0 Å². The van der Waals surface area contributed by atoms with Crippen LogP contribution in [0.1, 0.15) is 41.5 Å². The molecule has 0 aliphatic carbocycles. The van der Waals surface area contributed by atoms with E-state index in [-0.39, 0.29) is 10.8 Å². The van der Waals surface area contributed by atoms with Crippen molar-refractivity contribution < 1.29 is 0 Å². The van der Waals surface area contributed by atoms with E-state index >= 15 is 0 Å². The zero-order valence-corrected chi connectivity index (χ0v) is 13.0. The van der Waals surface area contributed by atoms with E-state index in [0.717, 1.165) is 0 Å². The van der Waals surface area contributed by atoms with E-state index in [2.05, 4.69) is 72.9 Å². The molecular weight excluding hydrogens is 187 g/mol. The van der Waals surface area contributed by atoms with Crippen LogP contribution in [-0.2, 0) is 0 Å². The van der Waals surface area contributed by atoms with Crippen LogP contribution < -0.4 is 0 Å². The summed E-state index contributed by atoms with van der Waals surface area (Å²) < 4.78 is 0. The zero-order valence-electron chi connectivity index (χ0n) is 13.0. The van der Waals surface area contributed by atoms with Crippen molar-refractivity contribution >= 4 is 31.4 Å². The fraction of sp³-hybridized carbons (Fsp3) is 0.667. The van der Waals surface area contributed by atoms with E-state index < -0.39 is 0 Å². The molecule has 0 radical (unpaired) electrons. The van der Waals surface area contributed by atoms with Crippen molar-refractivity contribution in [2.75, 3.05) is 0 Å². The zero-order chi connectivity index (χ0) is 13.3. The van der Waals surface area contributed by atoms with E-state index in [1.165, 1.54) is 21.9 Å². The first-order valence-corrected chi connectivity index (χ1v) is 6.25. The van der Waals surface area contributed by atoms with Gasteiger partial charge in [-0.1, -0.05) is 41.5 Å². The minimum absolute atomic E-state index is 0.267. The lowest BCUT2D eigenvalue weighted by atomic mass is 9.58. The molecule has 0 saturated carbocycles. The van der Waals surface area contributed by atoms with Crippen molar-refractivity contribution in [3.05, 3.63) is 21.9 Å². The Kier molecular flexibility index (Phi) is 4.86. The van der Waals surface area contributed by atoms with E-state index in [9.17, 15) is 0 Å². The second kappa shape index (κ2) is 4.94. The first-order chi connectivity index (χ1) is 6.89. The predicted octanol–water partition coefficient (Wildman–Crippen LogP) is 0.0342. The van der Waals surface area contributed by atoms with Gasteiger partial charge in [0, 0.05) is 0 Å². The van der Waals surface area contributed by atoms with Crippen molar-refractivity contribution in [1.82, 2.24) is 0 Å². The Bertz CT molecular complexity index is 290. The largest absolute Gasteiger partial charge is 0.137 e. The first kappa shape index (κ1) is 15.7. The molecule has 0 fully saturated rings. The van der Waals surface area contributed by atoms with E-state index in [1.54, 1.807) is 0 Å². The highest BCUT2D eigenvalue weighted by molar-refractivity contribution is 6.44. The Hall–Kier alpha value is -0.260. The molecule has 86 valence electrons. The SMILES string of the molecule is BC(/C(B)=C(/B)C(C)(C)C)=C(\B)C(C)(C)C. The average molecular weight is 214 g/mol. The molecule has 0 bridgehead atoms. The molecule has 0 atom stereocenters. The van der Waals surface area contributed by atoms with Crippen LogP contribution in [0.3, 0.4) is 0 Å². The molecule has 0 spiro atoms. The summed E-state index contributed by atoms with van der Waals surface area (Å²) in [4.78, 5) is 0. The summed E-state index contributed by atoms with van der Waals surface area (Å²) in [6.45, 7) is 13.7. The van der Waals surface area contributed by atoms with Crippen molar-refractivity contribution in [3.8, 4) is 0 Å². The maximum absolute atomic E-state index is 2.28. The molecule has 0 aromatic heterocycles. The summed E-state index contributed by atoms with van der Waals surface area (Å²) in [5, 5.41) is 0. The minimum atomic E-state index is 0.267. The van der Waals surface area contributed by atoms with Crippen LogP contribution in [0, 0.1) is 10.8 Å². The molecular formula is C12H26B4. The minimum Gasteiger partial charge on any atom is -0.112 e. The number of hydrogen-bond donors (Lipinski definition) is 0. The highest BCUT2D eigenvalue weighted by Crippen LogP contribution is 2.30. The summed E-state index contributed by atoms with van der Waals surface area (Å²) in [5.74, 6) is 0. The molecule has 0 aliphatic rings. The Balaban J connectivity index is 5.55. The second-order valence-electron chi connectivity index (χ2n) is 7.00. The standard InChI is InChI=1S/C12H26B4/c1-11(2,3)9(15)7(13)8(14)10(16)12(4,5)6/h13-16H2,1-6H3/b9-7-,10-8-. The van der Waals surface area contributed by atoms with Crippen molar-refractivity contribution in [2.45, 2.75) is 41.5 Å². The van der Waals surface area contributed by atoms with Crippen molar-refractivity contribution in [2.24, 2.45) is 10.8 Å². The smallest absolute Gasteiger partial charge is 0.112 e. The van der Waals surface area contributed by atoms with Gasteiger partial charge in [0.2, 0.25) is 0 Å². The fourth-order valence-corrected chi connectivity index (χ4v) is 1.69. The Morgan fingerprint density at radius 2 is 0.750 bits per heavy atom. The fourth-order valence-electron chi connectivity index (χ4n) is 1.69. The highest BCUT2D eigenvalue weighted by atomic mass is 14.2. The lowest BCUT2D eigenvalue weighted by Gasteiger charge is -2.28. The van der Waals surface area contributed by atoms with Crippen LogP contribution in [0.2, 0.25) is 0 Å². The predicted molar refractivity (Wildman–Crippen MR) is 87.1 cm³/mol. The van der Waals surface area contributed by atoms with Gasteiger partial charge in [-0.25, -0.2) is 0 Å². The molecule has 16 heavy (non-hydrogen) atoms. The maximum atomic E-state index is 2.28. The number of allylic oxidation sites excluding steroid dienone is 4. The van der Waals surface area contributed by atoms with Gasteiger partial charge in [-0.05, 0) is 10.8 Å². The van der Waals surface area contributed by atoms with Gasteiger partial charge in [-0.15, -0.1) is 21.9 Å². The third kappa shape index (κ3) is 3.96. The molecule has 0 heterocycles. The maximum Gasteiger partial charge on any atom is 0.137 e. The molecule has 0 aromatic carbocycles. The lowest BCUT2D eigenvalue weighted by Crippen LogP contribution is -2.18. The van der Waals surface area contributed by atoms with E-state index in [0.29, 0.717) is 0 Å². The quantitative estimate of drug-likeness (QED) is 0.426. The molecule has 0 nitrogen and oxygen atoms in total. The molecule has 0 saturated heterocycles. The molecule has 0 aromatic rings. The summed E-state index contributed by atoms with van der Waals surface area (Å²) >= 11 is 0. The average Bonchev–Trinajstić information content (AvgIpc) is 2.10. The van der Waals surface area contributed by atoms with Crippen LogP contribution >= 0.6 is 0 Å². The Labute approximate surface area is 106 Å². The third-order valence-electron chi connectivity index (χ3n) is 3.94. The van der Waals surface area contributed by atoms with E-state index in [1.807, 2.05) is 0 Å². The van der Waals surface area contributed by atoms with Crippen LogP contribution in [0.5, 0.6) is 0 Å². The highest BCUT2D eigenvalue weighted by Gasteiger charge is 2.19. The number of hydrogen-bond acceptors (Lipinski definition) is 0. The van der Waals surface area contributed by atoms with Gasteiger partial charge < -0.3 is 0 Å².